The normalized spacial score (nSPS) is 26.3. The van der Waals surface area contributed by atoms with Gasteiger partial charge in [-0.05, 0) is 36.4 Å². The molecule has 2 heterocycles. The number of hydrogen-bond acceptors (Lipinski definition) is 2. The van der Waals surface area contributed by atoms with Crippen molar-refractivity contribution in [3.63, 3.8) is 0 Å². The highest BCUT2D eigenvalue weighted by Gasteiger charge is 2.13. The fourth-order valence-corrected chi connectivity index (χ4v) is 2.03. The predicted molar refractivity (Wildman–Crippen MR) is 91.0 cm³/mol. The van der Waals surface area contributed by atoms with Crippen LogP contribution in [0.15, 0.2) is 88.9 Å². The summed E-state index contributed by atoms with van der Waals surface area (Å²) in [6.07, 6.45) is 19.1. The molecule has 1 aliphatic carbocycles. The summed E-state index contributed by atoms with van der Waals surface area (Å²) in [6.45, 7) is 0. The molecule has 0 bridgehead atoms. The van der Waals surface area contributed by atoms with E-state index in [4.69, 9.17) is 5.11 Å². The zero-order valence-corrected chi connectivity index (χ0v) is 12.3. The van der Waals surface area contributed by atoms with Crippen molar-refractivity contribution in [3.05, 3.63) is 89.6 Å². The molecule has 0 aromatic carbocycles. The Balaban J connectivity index is 1.90. The summed E-state index contributed by atoms with van der Waals surface area (Å²) in [5.41, 5.74) is 3.47. The molecule has 0 spiro atoms. The van der Waals surface area contributed by atoms with Crippen molar-refractivity contribution in [1.82, 2.24) is 9.88 Å². The monoisotopic (exact) mass is 305 g/mol. The van der Waals surface area contributed by atoms with Crippen LogP contribution in [0.5, 0.6) is 0 Å². The van der Waals surface area contributed by atoms with Gasteiger partial charge in [0, 0.05) is 23.7 Å². The van der Waals surface area contributed by atoms with Crippen LogP contribution < -0.4 is 5.32 Å². The molecule has 1 aromatic rings. The summed E-state index contributed by atoms with van der Waals surface area (Å²) in [5.74, 6) is 0. The lowest BCUT2D eigenvalue weighted by Gasteiger charge is -1.99. The number of aromatic nitrogens is 1. The van der Waals surface area contributed by atoms with Crippen LogP contribution in [-0.2, 0) is 0 Å². The third-order valence-corrected chi connectivity index (χ3v) is 3.20. The molecule has 0 saturated carbocycles. The second-order valence-corrected chi connectivity index (χ2v) is 4.89. The molecule has 1 aromatic heterocycles. The smallest absolute Gasteiger partial charge is 0.409 e. The number of amides is 1. The maximum Gasteiger partial charge on any atom is 0.409 e. The van der Waals surface area contributed by atoms with Crippen molar-refractivity contribution < 1.29 is 9.90 Å². The standard InChI is InChI=1S/C18H15N3O2/c22-18(23)20-15-7-2-1-6-14-12-17(14)19-13-16-9-5-11-21(16)10-4-3-8-15/h1-13,20H,(H,22,23)/b2-1-,8-3+,10-4-,14-6+,15-7-,19-13+. The highest BCUT2D eigenvalue weighted by atomic mass is 16.4. The Hall–Kier alpha value is -3.34. The van der Waals surface area contributed by atoms with Crippen molar-refractivity contribution in [2.45, 2.75) is 0 Å². The second kappa shape index (κ2) is 6.62. The molecule has 0 atom stereocenters. The molecule has 2 N–H and O–H groups in total. The molecule has 0 radical (unpaired) electrons. The minimum absolute atomic E-state index is 0.486. The Morgan fingerprint density at radius 3 is 2.91 bits per heavy atom. The van der Waals surface area contributed by atoms with Crippen LogP contribution in [0.25, 0.3) is 6.20 Å². The molecule has 0 fully saturated rings. The fraction of sp³-hybridized carbons (Fsp3) is 0. The Morgan fingerprint density at radius 1 is 1.17 bits per heavy atom. The maximum atomic E-state index is 10.8. The number of carbonyl (C=O) groups is 1. The summed E-state index contributed by atoms with van der Waals surface area (Å²) in [7, 11) is 0. The number of allylic oxidation sites excluding steroid dienone is 9. The molecule has 0 unspecified atom stereocenters. The molecular weight excluding hydrogens is 290 g/mol. The van der Waals surface area contributed by atoms with Gasteiger partial charge in [0.15, 0.2) is 0 Å². The van der Waals surface area contributed by atoms with Crippen LogP contribution in [0.4, 0.5) is 4.79 Å². The maximum absolute atomic E-state index is 10.8. The topological polar surface area (TPSA) is 66.6 Å². The fourth-order valence-electron chi connectivity index (χ4n) is 2.03. The summed E-state index contributed by atoms with van der Waals surface area (Å²) in [5, 5.41) is 11.2. The van der Waals surface area contributed by atoms with Gasteiger partial charge in [-0.2, -0.15) is 0 Å². The minimum atomic E-state index is -1.10. The van der Waals surface area contributed by atoms with Crippen molar-refractivity contribution in [2.24, 2.45) is 4.99 Å². The number of rotatable bonds is 1. The molecule has 1 aliphatic heterocycles. The van der Waals surface area contributed by atoms with Gasteiger partial charge in [-0.25, -0.2) is 4.79 Å². The highest BCUT2D eigenvalue weighted by Crippen LogP contribution is 2.28. The number of hydrogen-bond donors (Lipinski definition) is 2. The largest absolute Gasteiger partial charge is 0.465 e. The van der Waals surface area contributed by atoms with Crippen molar-refractivity contribution in [2.75, 3.05) is 0 Å². The quantitative estimate of drug-likeness (QED) is 0.834. The molecule has 3 rings (SSSR count). The molecule has 23 heavy (non-hydrogen) atoms. The number of aliphatic imine (C=N–C) groups is 1. The Bertz CT molecular complexity index is 830. The summed E-state index contributed by atoms with van der Waals surface area (Å²) >= 11 is 0. The molecule has 5 nitrogen and oxygen atoms in total. The van der Waals surface area contributed by atoms with Gasteiger partial charge in [0.1, 0.15) is 0 Å². The number of nitrogens with zero attached hydrogens (tertiary/aromatic N) is 2. The van der Waals surface area contributed by atoms with Gasteiger partial charge < -0.3 is 9.67 Å². The van der Waals surface area contributed by atoms with Gasteiger partial charge in [-0.15, -0.1) is 0 Å². The third-order valence-electron chi connectivity index (χ3n) is 3.20. The van der Waals surface area contributed by atoms with E-state index in [0.717, 1.165) is 17.0 Å². The second-order valence-electron chi connectivity index (χ2n) is 4.89. The summed E-state index contributed by atoms with van der Waals surface area (Å²) < 4.78 is 1.94. The number of fused-ring (bicyclic) bond motifs is 2. The van der Waals surface area contributed by atoms with Gasteiger partial charge in [0.2, 0.25) is 0 Å². The van der Waals surface area contributed by atoms with Crippen LogP contribution in [0.2, 0.25) is 0 Å². The number of carboxylic acid groups (broad SMARTS) is 1. The van der Waals surface area contributed by atoms with Gasteiger partial charge >= 0.3 is 6.09 Å². The van der Waals surface area contributed by atoms with E-state index < -0.39 is 6.09 Å². The third kappa shape index (κ3) is 4.07. The molecule has 114 valence electrons. The Morgan fingerprint density at radius 2 is 2.04 bits per heavy atom. The van der Waals surface area contributed by atoms with Crippen LogP contribution >= 0.6 is 0 Å². The lowest BCUT2D eigenvalue weighted by molar-refractivity contribution is 0.198. The molecule has 0 saturated heterocycles. The molecule has 5 heteroatoms. The van der Waals surface area contributed by atoms with Crippen molar-refractivity contribution in [1.29, 1.82) is 0 Å². The average Bonchev–Trinajstić information content (AvgIpc) is 3.11. The lowest BCUT2D eigenvalue weighted by Crippen LogP contribution is -2.18. The average molecular weight is 305 g/mol. The van der Waals surface area contributed by atoms with E-state index in [9.17, 15) is 4.79 Å². The van der Waals surface area contributed by atoms with Crippen molar-refractivity contribution >= 4 is 18.5 Å². The van der Waals surface area contributed by atoms with E-state index in [2.05, 4.69) is 10.3 Å². The predicted octanol–water partition coefficient (Wildman–Crippen LogP) is 3.48. The first kappa shape index (κ1) is 14.6. The highest BCUT2D eigenvalue weighted by molar-refractivity contribution is 5.81. The molecular formula is C18H15N3O2. The zero-order valence-electron chi connectivity index (χ0n) is 12.3. The van der Waals surface area contributed by atoms with Crippen LogP contribution in [0, 0.1) is 0 Å². The van der Waals surface area contributed by atoms with Gasteiger partial charge in [0.05, 0.1) is 17.6 Å². The van der Waals surface area contributed by atoms with E-state index in [1.807, 2.05) is 59.6 Å². The summed E-state index contributed by atoms with van der Waals surface area (Å²) in [4.78, 5) is 15.2. The lowest BCUT2D eigenvalue weighted by atomic mass is 10.3. The zero-order chi connectivity index (χ0) is 16.1. The molecule has 2 aliphatic rings. The Labute approximate surface area is 133 Å². The van der Waals surface area contributed by atoms with Crippen LogP contribution in [0.3, 0.4) is 0 Å². The first-order valence-corrected chi connectivity index (χ1v) is 7.09. The summed E-state index contributed by atoms with van der Waals surface area (Å²) in [6, 6.07) is 3.91. The van der Waals surface area contributed by atoms with Gasteiger partial charge in [0.25, 0.3) is 0 Å². The first-order valence-electron chi connectivity index (χ1n) is 7.09. The first-order chi connectivity index (χ1) is 11.2. The van der Waals surface area contributed by atoms with E-state index in [-0.39, 0.29) is 0 Å². The van der Waals surface area contributed by atoms with E-state index in [0.29, 0.717) is 5.70 Å². The molecule has 1 amide bonds. The van der Waals surface area contributed by atoms with Crippen LogP contribution in [-0.4, -0.2) is 22.0 Å². The van der Waals surface area contributed by atoms with E-state index in [1.54, 1.807) is 24.3 Å². The Kier molecular flexibility index (Phi) is 4.20. The van der Waals surface area contributed by atoms with Gasteiger partial charge in [-0.1, -0.05) is 24.3 Å². The number of nitrogens with one attached hydrogen (secondary N) is 1. The van der Waals surface area contributed by atoms with Crippen molar-refractivity contribution in [3.8, 4) is 0 Å². The van der Waals surface area contributed by atoms with Crippen LogP contribution in [0.1, 0.15) is 5.69 Å². The minimum Gasteiger partial charge on any atom is -0.465 e. The van der Waals surface area contributed by atoms with E-state index in [1.165, 1.54) is 0 Å². The van der Waals surface area contributed by atoms with E-state index >= 15 is 0 Å². The van der Waals surface area contributed by atoms with Gasteiger partial charge in [-0.3, -0.25) is 10.3 Å². The SMILES string of the molecule is O=C(O)NC1=C\C=C/C=C2C=C\2/N=C/c2cccn2/C=C\C=C\1.